The van der Waals surface area contributed by atoms with Gasteiger partial charge in [-0.25, -0.2) is 0 Å². The van der Waals surface area contributed by atoms with Crippen LogP contribution in [0.4, 0.5) is 17.1 Å². The number of furan rings is 1. The lowest BCUT2D eigenvalue weighted by Gasteiger charge is -2.54. The molecule has 0 saturated carbocycles. The van der Waals surface area contributed by atoms with E-state index in [4.69, 9.17) is 4.42 Å². The molecule has 3 heteroatoms. The first-order valence-electron chi connectivity index (χ1n) is 15.5. The third-order valence-electron chi connectivity index (χ3n) is 9.85. The highest BCUT2D eigenvalue weighted by Crippen LogP contribution is 2.73. The molecule has 1 atom stereocenters. The van der Waals surface area contributed by atoms with Crippen LogP contribution in [-0.2, 0) is 5.41 Å². The van der Waals surface area contributed by atoms with Gasteiger partial charge in [0.1, 0.15) is 11.2 Å². The molecule has 2 aliphatic rings. The van der Waals surface area contributed by atoms with Crippen LogP contribution in [0.2, 0.25) is 0 Å². The van der Waals surface area contributed by atoms with Crippen LogP contribution in [0.5, 0.6) is 0 Å². The normalized spacial score (nSPS) is 19.2. The van der Waals surface area contributed by atoms with E-state index in [9.17, 15) is 0 Å². The zero-order valence-electron chi connectivity index (χ0n) is 25.0. The molecule has 6 aromatic carbocycles. The highest BCUT2D eigenvalue weighted by molar-refractivity contribution is 8.33. The fourth-order valence-electron chi connectivity index (χ4n) is 8.28. The van der Waals surface area contributed by atoms with Gasteiger partial charge in [0.2, 0.25) is 0 Å². The standard InChI is InChI=1S/C41H33NOS/c1-3-27-44(2)38-24-14-10-20-32(38)41(33-25-26-37-39(40(33)44)29-17-7-13-23-36(29)43-37)30-18-8-11-21-34(30)42(28-15-5-4-6-16-28)35-22-12-9-19-31(35)41/h4-26H,3,27H2,1-2H3. The van der Waals surface area contributed by atoms with Gasteiger partial charge in [-0.2, -0.15) is 10.0 Å². The second kappa shape index (κ2) is 9.38. The molecule has 0 saturated heterocycles. The van der Waals surface area contributed by atoms with Gasteiger partial charge >= 0.3 is 0 Å². The van der Waals surface area contributed by atoms with Crippen LogP contribution in [0, 0.1) is 0 Å². The van der Waals surface area contributed by atoms with Crippen molar-refractivity contribution in [2.45, 2.75) is 28.6 Å². The van der Waals surface area contributed by atoms with E-state index in [0.717, 1.165) is 23.3 Å². The van der Waals surface area contributed by atoms with E-state index in [1.54, 1.807) is 0 Å². The number of hydrogen-bond acceptors (Lipinski definition) is 2. The summed E-state index contributed by atoms with van der Waals surface area (Å²) < 4.78 is 6.57. The molecule has 2 aliphatic heterocycles. The number of benzene rings is 6. The number of para-hydroxylation sites is 4. The predicted molar refractivity (Wildman–Crippen MR) is 185 cm³/mol. The monoisotopic (exact) mass is 587 g/mol. The Morgan fingerprint density at radius 2 is 1.20 bits per heavy atom. The minimum Gasteiger partial charge on any atom is -0.456 e. The lowest BCUT2D eigenvalue weighted by atomic mass is 9.62. The summed E-state index contributed by atoms with van der Waals surface area (Å²) in [6, 6.07) is 51.6. The van der Waals surface area contributed by atoms with Crippen LogP contribution >= 0.6 is 10.0 Å². The molecular formula is C41H33NOS. The first kappa shape index (κ1) is 25.7. The summed E-state index contributed by atoms with van der Waals surface area (Å²) in [5.74, 6) is 1.13. The van der Waals surface area contributed by atoms with E-state index in [-0.39, 0.29) is 0 Å². The fraction of sp³-hybridized carbons (Fsp3) is 0.122. The van der Waals surface area contributed by atoms with E-state index < -0.39 is 15.4 Å². The highest BCUT2D eigenvalue weighted by atomic mass is 32.3. The number of fused-ring (bicyclic) bond motifs is 12. The molecule has 9 rings (SSSR count). The molecule has 1 aromatic heterocycles. The Hall–Kier alpha value is -4.73. The third kappa shape index (κ3) is 3.17. The summed E-state index contributed by atoms with van der Waals surface area (Å²) in [4.78, 5) is 5.43. The second-order valence-electron chi connectivity index (χ2n) is 12.2. The van der Waals surface area contributed by atoms with Crippen LogP contribution in [0.3, 0.4) is 0 Å². The topological polar surface area (TPSA) is 16.4 Å². The third-order valence-corrected chi connectivity index (χ3v) is 13.7. The van der Waals surface area contributed by atoms with Gasteiger partial charge < -0.3 is 9.32 Å². The number of hydrogen-bond donors (Lipinski definition) is 0. The molecular weight excluding hydrogens is 555 g/mol. The summed E-state index contributed by atoms with van der Waals surface area (Å²) in [6.45, 7) is 2.33. The number of anilines is 3. The summed E-state index contributed by atoms with van der Waals surface area (Å²) in [5, 5.41) is 2.50. The minimum atomic E-state index is -1.42. The van der Waals surface area contributed by atoms with Crippen LogP contribution < -0.4 is 4.90 Å². The van der Waals surface area contributed by atoms with Crippen molar-refractivity contribution in [2.75, 3.05) is 16.9 Å². The first-order valence-corrected chi connectivity index (χ1v) is 17.7. The summed E-state index contributed by atoms with van der Waals surface area (Å²) in [7, 11) is -1.42. The SMILES string of the molecule is CCCS1(C)c2ccccc2C2(c3ccccc3N(c3ccccc3)c3ccccc32)c2ccc3oc4ccccc4c3c21. The summed E-state index contributed by atoms with van der Waals surface area (Å²) >= 11 is 0. The van der Waals surface area contributed by atoms with Gasteiger partial charge in [0.25, 0.3) is 0 Å². The van der Waals surface area contributed by atoms with Crippen molar-refractivity contribution in [2.24, 2.45) is 0 Å². The van der Waals surface area contributed by atoms with Crippen molar-refractivity contribution in [3.8, 4) is 0 Å². The zero-order chi connectivity index (χ0) is 29.5. The van der Waals surface area contributed by atoms with Gasteiger partial charge in [-0.05, 0) is 88.0 Å². The number of nitrogens with zero attached hydrogens (tertiary/aromatic N) is 1. The molecule has 214 valence electrons. The van der Waals surface area contributed by atoms with Crippen molar-refractivity contribution < 1.29 is 4.42 Å². The van der Waals surface area contributed by atoms with Crippen LogP contribution in [0.25, 0.3) is 21.9 Å². The second-order valence-corrected chi connectivity index (χ2v) is 15.6. The van der Waals surface area contributed by atoms with Gasteiger partial charge in [0.05, 0.1) is 16.8 Å². The van der Waals surface area contributed by atoms with E-state index in [1.807, 2.05) is 0 Å². The van der Waals surface area contributed by atoms with Crippen LogP contribution in [0.15, 0.2) is 154 Å². The quantitative estimate of drug-likeness (QED) is 0.204. The molecule has 0 amide bonds. The lowest BCUT2D eigenvalue weighted by molar-refractivity contribution is 0.663. The first-order chi connectivity index (χ1) is 21.7. The van der Waals surface area contributed by atoms with Gasteiger partial charge in [-0.15, -0.1) is 0 Å². The number of rotatable bonds is 3. The lowest BCUT2D eigenvalue weighted by Crippen LogP contribution is -2.41. The molecule has 0 N–H and O–H groups in total. The molecule has 44 heavy (non-hydrogen) atoms. The molecule has 1 spiro atoms. The molecule has 0 bridgehead atoms. The Kier molecular flexibility index (Phi) is 5.49. The fourth-order valence-corrected chi connectivity index (χ4v) is 12.2. The highest BCUT2D eigenvalue weighted by Gasteiger charge is 2.53. The van der Waals surface area contributed by atoms with Crippen LogP contribution in [0.1, 0.15) is 35.6 Å². The van der Waals surface area contributed by atoms with Crippen molar-refractivity contribution in [1.82, 2.24) is 0 Å². The van der Waals surface area contributed by atoms with E-state index >= 15 is 0 Å². The molecule has 2 nitrogen and oxygen atoms in total. The van der Waals surface area contributed by atoms with Gasteiger partial charge in [0.15, 0.2) is 0 Å². The molecule has 0 radical (unpaired) electrons. The van der Waals surface area contributed by atoms with E-state index in [2.05, 4.69) is 158 Å². The van der Waals surface area contributed by atoms with E-state index in [0.29, 0.717) is 0 Å². The Bertz CT molecular complexity index is 2180. The Morgan fingerprint density at radius 3 is 1.93 bits per heavy atom. The average molecular weight is 588 g/mol. The maximum atomic E-state index is 6.57. The van der Waals surface area contributed by atoms with Gasteiger partial charge in [-0.3, -0.25) is 0 Å². The Labute approximate surface area is 259 Å². The predicted octanol–water partition coefficient (Wildman–Crippen LogP) is 11.3. The minimum absolute atomic E-state index is 0.489. The molecule has 7 aromatic rings. The maximum absolute atomic E-state index is 6.57. The molecule has 1 unspecified atom stereocenters. The smallest absolute Gasteiger partial charge is 0.136 e. The average Bonchev–Trinajstić information content (AvgIpc) is 3.46. The van der Waals surface area contributed by atoms with Gasteiger partial charge in [-0.1, -0.05) is 104 Å². The van der Waals surface area contributed by atoms with E-state index in [1.165, 1.54) is 59.9 Å². The van der Waals surface area contributed by atoms with Gasteiger partial charge in [0, 0.05) is 21.4 Å². The summed E-state index contributed by atoms with van der Waals surface area (Å²) in [6.07, 6.45) is 3.67. The van der Waals surface area contributed by atoms with Crippen molar-refractivity contribution in [3.05, 3.63) is 162 Å². The molecule has 3 heterocycles. The maximum Gasteiger partial charge on any atom is 0.136 e. The van der Waals surface area contributed by atoms with Crippen molar-refractivity contribution in [3.63, 3.8) is 0 Å². The Morgan fingerprint density at radius 1 is 0.591 bits per heavy atom. The largest absolute Gasteiger partial charge is 0.456 e. The van der Waals surface area contributed by atoms with Crippen LogP contribution in [-0.4, -0.2) is 12.0 Å². The zero-order valence-corrected chi connectivity index (χ0v) is 25.8. The molecule has 0 aliphatic carbocycles. The Balaban J connectivity index is 1.51. The summed E-state index contributed by atoms with van der Waals surface area (Å²) in [5.41, 5.74) is 10.5. The van der Waals surface area contributed by atoms with Crippen molar-refractivity contribution >= 4 is 49.0 Å². The molecule has 0 fully saturated rings. The van der Waals surface area contributed by atoms with Crippen molar-refractivity contribution in [1.29, 1.82) is 0 Å².